The van der Waals surface area contributed by atoms with Crippen LogP contribution >= 0.6 is 0 Å². The lowest BCUT2D eigenvalue weighted by Gasteiger charge is -2.32. The summed E-state index contributed by atoms with van der Waals surface area (Å²) in [4.78, 5) is 29.1. The highest BCUT2D eigenvalue weighted by Crippen LogP contribution is 2.30. The molecule has 1 atom stereocenters. The van der Waals surface area contributed by atoms with E-state index in [-0.39, 0.29) is 12.1 Å². The van der Waals surface area contributed by atoms with Crippen LogP contribution in [-0.4, -0.2) is 63.3 Å². The highest BCUT2D eigenvalue weighted by molar-refractivity contribution is 5.93. The molecule has 2 aliphatic rings. The maximum absolute atomic E-state index is 12.2. The molecule has 5 heterocycles. The van der Waals surface area contributed by atoms with Crippen molar-refractivity contribution in [1.29, 1.82) is 0 Å². The van der Waals surface area contributed by atoms with Gasteiger partial charge in [-0.2, -0.15) is 0 Å². The molecule has 0 spiro atoms. The molecule has 0 radical (unpaired) electrons. The maximum Gasteiger partial charge on any atom is 0.337 e. The number of likely N-dealkylation sites (tertiary alicyclic amines) is 1. The molecule has 5 aromatic rings. The van der Waals surface area contributed by atoms with E-state index in [4.69, 9.17) is 24.2 Å². The van der Waals surface area contributed by atoms with Crippen LogP contribution < -0.4 is 4.74 Å². The van der Waals surface area contributed by atoms with Crippen LogP contribution in [-0.2, 0) is 29.2 Å². The Morgan fingerprint density at radius 2 is 1.80 bits per heavy atom. The summed E-state index contributed by atoms with van der Waals surface area (Å²) in [5.74, 6) is 1.71. The molecule has 226 valence electrons. The Kier molecular flexibility index (Phi) is 7.97. The predicted octanol–water partition coefficient (Wildman–Crippen LogP) is 5.82. The number of ether oxygens (including phenoxy) is 3. The largest absolute Gasteiger partial charge is 0.473 e. The molecule has 0 saturated carbocycles. The molecule has 0 unspecified atom stereocenters. The second-order valence-electron chi connectivity index (χ2n) is 11.8. The van der Waals surface area contributed by atoms with Gasteiger partial charge in [0, 0.05) is 35.4 Å². The summed E-state index contributed by atoms with van der Waals surface area (Å²) in [5.41, 5.74) is 6.57. The van der Waals surface area contributed by atoms with Crippen LogP contribution in [0.15, 0.2) is 66.7 Å². The molecule has 2 aliphatic heterocycles. The molecule has 2 saturated heterocycles. The number of rotatable bonds is 9. The smallest absolute Gasteiger partial charge is 0.337 e. The number of hydrogen-bond acceptors (Lipinski definition) is 8. The van der Waals surface area contributed by atoms with E-state index in [1.807, 2.05) is 37.3 Å². The monoisotopic (exact) mass is 591 g/mol. The highest BCUT2D eigenvalue weighted by Gasteiger charge is 2.26. The number of hydrogen-bond donors (Lipinski definition) is 0. The number of carbonyl (C=O) groups excluding carboxylic acids is 1. The first-order valence-corrected chi connectivity index (χ1v) is 15.4. The normalized spacial score (nSPS) is 17.5. The zero-order valence-electron chi connectivity index (χ0n) is 25.2. The summed E-state index contributed by atoms with van der Waals surface area (Å²) in [7, 11) is 1.41. The van der Waals surface area contributed by atoms with Crippen LogP contribution in [0.3, 0.4) is 0 Å². The van der Waals surface area contributed by atoms with E-state index in [9.17, 15) is 4.79 Å². The number of aryl methyl sites for hydroxylation is 1. The van der Waals surface area contributed by atoms with E-state index in [0.717, 1.165) is 96.8 Å². The minimum Gasteiger partial charge on any atom is -0.473 e. The van der Waals surface area contributed by atoms with Gasteiger partial charge in [0.1, 0.15) is 12.4 Å². The third-order valence-corrected chi connectivity index (χ3v) is 8.82. The fraction of sp³-hybridized carbons (Fsp3) is 0.371. The minimum atomic E-state index is -0.340. The lowest BCUT2D eigenvalue weighted by molar-refractivity contribution is -0.0592. The van der Waals surface area contributed by atoms with Crippen molar-refractivity contribution in [1.82, 2.24) is 24.4 Å². The molecule has 0 bridgehead atoms. The zero-order chi connectivity index (χ0) is 30.0. The predicted molar refractivity (Wildman–Crippen MR) is 168 cm³/mol. The van der Waals surface area contributed by atoms with Crippen LogP contribution in [0.4, 0.5) is 0 Å². The molecule has 9 heteroatoms. The van der Waals surface area contributed by atoms with Gasteiger partial charge in [-0.1, -0.05) is 18.2 Å². The fourth-order valence-electron chi connectivity index (χ4n) is 6.22. The summed E-state index contributed by atoms with van der Waals surface area (Å²) >= 11 is 0. The molecule has 44 heavy (non-hydrogen) atoms. The number of pyridine rings is 2. The number of aromatic nitrogens is 4. The number of carbonyl (C=O) groups is 1. The standard InChI is InChI=1S/C35H37N5O4/c1-23-6-8-26-18-24(7-10-30(26)36-23)22-44-34-5-3-4-29(38-34)25-12-15-39(16-13-25)21-33-37-31-11-9-27(35(41)42-2)19-32(31)40(33)20-28-14-17-43-28/h3-11,18-19,25,28H,12-17,20-22H2,1-2H3/t28-/m0/s1. The van der Waals surface area contributed by atoms with Gasteiger partial charge >= 0.3 is 5.97 Å². The molecule has 0 amide bonds. The SMILES string of the molecule is COC(=O)c1ccc2nc(CN3CCC(c4cccc(OCc5ccc6nc(C)ccc6c5)n4)CC3)n(C[C@@H]3CCO3)c2c1. The molecule has 3 aromatic heterocycles. The summed E-state index contributed by atoms with van der Waals surface area (Å²) in [6.45, 7) is 6.67. The van der Waals surface area contributed by atoms with Crippen molar-refractivity contribution in [2.75, 3.05) is 26.8 Å². The third-order valence-electron chi connectivity index (χ3n) is 8.82. The summed E-state index contributed by atoms with van der Waals surface area (Å²) in [5, 5.41) is 1.11. The molecule has 2 fully saturated rings. The van der Waals surface area contributed by atoms with Crippen molar-refractivity contribution in [3.63, 3.8) is 0 Å². The van der Waals surface area contributed by atoms with Gasteiger partial charge in [0.25, 0.3) is 0 Å². The van der Waals surface area contributed by atoms with Gasteiger partial charge in [0.05, 0.1) is 48.4 Å². The Morgan fingerprint density at radius 3 is 2.59 bits per heavy atom. The Labute approximate surface area is 256 Å². The minimum absolute atomic E-state index is 0.182. The lowest BCUT2D eigenvalue weighted by atomic mass is 9.93. The van der Waals surface area contributed by atoms with Crippen molar-refractivity contribution in [2.24, 2.45) is 0 Å². The summed E-state index contributed by atoms with van der Waals surface area (Å²) in [6.07, 6.45) is 3.26. The number of methoxy groups -OCH3 is 1. The van der Waals surface area contributed by atoms with Gasteiger partial charge in [-0.3, -0.25) is 9.88 Å². The molecule has 0 aliphatic carbocycles. The van der Waals surface area contributed by atoms with Crippen LogP contribution in [0.2, 0.25) is 0 Å². The average molecular weight is 592 g/mol. The Bertz CT molecular complexity index is 1810. The first-order chi connectivity index (χ1) is 21.5. The first kappa shape index (κ1) is 28.4. The van der Waals surface area contributed by atoms with Gasteiger partial charge < -0.3 is 18.8 Å². The molecule has 0 N–H and O–H groups in total. The van der Waals surface area contributed by atoms with E-state index in [1.54, 1.807) is 6.07 Å². The van der Waals surface area contributed by atoms with E-state index >= 15 is 0 Å². The van der Waals surface area contributed by atoms with Crippen molar-refractivity contribution in [2.45, 2.75) is 57.9 Å². The quantitative estimate of drug-likeness (QED) is 0.198. The topological polar surface area (TPSA) is 91.6 Å². The average Bonchev–Trinajstić information content (AvgIpc) is 3.37. The van der Waals surface area contributed by atoms with Crippen LogP contribution in [0.25, 0.3) is 21.9 Å². The number of nitrogens with zero attached hydrogens (tertiary/aromatic N) is 5. The van der Waals surface area contributed by atoms with Crippen LogP contribution in [0, 0.1) is 6.92 Å². The highest BCUT2D eigenvalue weighted by atomic mass is 16.5. The Morgan fingerprint density at radius 1 is 0.955 bits per heavy atom. The van der Waals surface area contributed by atoms with Crippen LogP contribution in [0.5, 0.6) is 5.88 Å². The van der Waals surface area contributed by atoms with E-state index in [1.165, 1.54) is 7.11 Å². The zero-order valence-corrected chi connectivity index (χ0v) is 25.2. The Hall–Kier alpha value is -4.34. The number of esters is 1. The first-order valence-electron chi connectivity index (χ1n) is 15.4. The molecular weight excluding hydrogens is 554 g/mol. The van der Waals surface area contributed by atoms with Gasteiger partial charge in [-0.25, -0.2) is 14.8 Å². The second-order valence-corrected chi connectivity index (χ2v) is 11.8. The van der Waals surface area contributed by atoms with Gasteiger partial charge in [-0.05, 0) is 87.3 Å². The van der Waals surface area contributed by atoms with Gasteiger partial charge in [0.15, 0.2) is 0 Å². The Balaban J connectivity index is 0.997. The van der Waals surface area contributed by atoms with Gasteiger partial charge in [-0.15, -0.1) is 0 Å². The van der Waals surface area contributed by atoms with E-state index < -0.39 is 0 Å². The van der Waals surface area contributed by atoms with Crippen LogP contribution in [0.1, 0.15) is 58.3 Å². The molecular formula is C35H37N5O4. The summed E-state index contributed by atoms with van der Waals surface area (Å²) < 4.78 is 19.1. The van der Waals surface area contributed by atoms with E-state index in [0.29, 0.717) is 24.0 Å². The van der Waals surface area contributed by atoms with Crippen molar-refractivity contribution in [3.05, 3.63) is 95.1 Å². The molecule has 9 nitrogen and oxygen atoms in total. The molecule has 2 aromatic carbocycles. The summed E-state index contributed by atoms with van der Waals surface area (Å²) in [6, 6.07) is 22.1. The maximum atomic E-state index is 12.2. The van der Waals surface area contributed by atoms with Crippen molar-refractivity contribution < 1.29 is 19.0 Å². The number of imidazole rings is 1. The number of fused-ring (bicyclic) bond motifs is 2. The third kappa shape index (κ3) is 6.02. The molecule has 7 rings (SSSR count). The van der Waals surface area contributed by atoms with Gasteiger partial charge in [0.2, 0.25) is 5.88 Å². The number of piperidine rings is 1. The lowest BCUT2D eigenvalue weighted by Crippen LogP contribution is -2.35. The number of benzene rings is 2. The fourth-order valence-corrected chi connectivity index (χ4v) is 6.22. The van der Waals surface area contributed by atoms with Crippen molar-refractivity contribution in [3.8, 4) is 5.88 Å². The second kappa shape index (κ2) is 12.3. The van der Waals surface area contributed by atoms with Crippen molar-refractivity contribution >= 4 is 27.9 Å². The van der Waals surface area contributed by atoms with E-state index in [2.05, 4.69) is 44.8 Å².